The molecule has 0 heterocycles. The zero-order valence-electron chi connectivity index (χ0n) is 11.1. The van der Waals surface area contributed by atoms with Gasteiger partial charge in [0.15, 0.2) is 0 Å². The molecular formula is C12H13F3N2O4. The van der Waals surface area contributed by atoms with E-state index in [2.05, 4.69) is 0 Å². The Bertz CT molecular complexity index is 546. The van der Waals surface area contributed by atoms with Crippen LogP contribution in [0.2, 0.25) is 0 Å². The second-order valence-electron chi connectivity index (χ2n) is 4.29. The number of nitro groups is 1. The van der Waals surface area contributed by atoms with Crippen molar-refractivity contribution in [3.8, 4) is 0 Å². The maximum Gasteiger partial charge on any atom is 0.406 e. The minimum Gasteiger partial charge on any atom is -0.395 e. The number of aliphatic hydroxyl groups excluding tert-OH is 1. The lowest BCUT2D eigenvalue weighted by Gasteiger charge is -2.23. The molecule has 0 fully saturated rings. The van der Waals surface area contributed by atoms with Crippen LogP contribution in [-0.2, 0) is 0 Å². The third-order valence-corrected chi connectivity index (χ3v) is 2.69. The number of aliphatic hydroxyl groups is 1. The van der Waals surface area contributed by atoms with E-state index in [1.165, 1.54) is 19.1 Å². The predicted octanol–water partition coefficient (Wildman–Crippen LogP) is 1.90. The van der Waals surface area contributed by atoms with E-state index in [4.69, 9.17) is 5.11 Å². The Morgan fingerprint density at radius 2 is 2.05 bits per heavy atom. The van der Waals surface area contributed by atoms with Crippen molar-refractivity contribution in [2.45, 2.75) is 13.1 Å². The van der Waals surface area contributed by atoms with Crippen molar-refractivity contribution in [2.75, 3.05) is 19.7 Å². The van der Waals surface area contributed by atoms with Crippen molar-refractivity contribution < 1.29 is 28.0 Å². The summed E-state index contributed by atoms with van der Waals surface area (Å²) in [5.74, 6) is -1.13. The summed E-state index contributed by atoms with van der Waals surface area (Å²) in [5.41, 5.74) is -0.773. The number of halogens is 3. The highest BCUT2D eigenvalue weighted by Gasteiger charge is 2.35. The summed E-state index contributed by atoms with van der Waals surface area (Å²) in [6, 6.07) is 3.78. The summed E-state index contributed by atoms with van der Waals surface area (Å²) in [6.07, 6.45) is -4.66. The number of benzene rings is 1. The Morgan fingerprint density at radius 3 is 2.52 bits per heavy atom. The van der Waals surface area contributed by atoms with Gasteiger partial charge in [0.25, 0.3) is 11.6 Å². The van der Waals surface area contributed by atoms with Crippen LogP contribution in [0.4, 0.5) is 18.9 Å². The molecular weight excluding hydrogens is 293 g/mol. The first-order chi connectivity index (χ1) is 9.67. The van der Waals surface area contributed by atoms with Crippen LogP contribution in [0.15, 0.2) is 18.2 Å². The van der Waals surface area contributed by atoms with Crippen molar-refractivity contribution in [2.24, 2.45) is 0 Å². The number of hydrogen-bond acceptors (Lipinski definition) is 4. The van der Waals surface area contributed by atoms with Crippen LogP contribution in [0.1, 0.15) is 15.9 Å². The third kappa shape index (κ3) is 4.42. The Balaban J connectivity index is 3.24. The summed E-state index contributed by atoms with van der Waals surface area (Å²) >= 11 is 0. The summed E-state index contributed by atoms with van der Waals surface area (Å²) in [6.45, 7) is -1.44. The smallest absolute Gasteiger partial charge is 0.395 e. The average Bonchev–Trinajstić information content (AvgIpc) is 2.35. The highest BCUT2D eigenvalue weighted by atomic mass is 19.4. The van der Waals surface area contributed by atoms with Crippen LogP contribution in [0.3, 0.4) is 0 Å². The molecule has 116 valence electrons. The van der Waals surface area contributed by atoms with Gasteiger partial charge in [-0.15, -0.1) is 0 Å². The largest absolute Gasteiger partial charge is 0.406 e. The van der Waals surface area contributed by atoms with Crippen LogP contribution in [0.25, 0.3) is 0 Å². The fourth-order valence-corrected chi connectivity index (χ4v) is 1.83. The average molecular weight is 306 g/mol. The van der Waals surface area contributed by atoms with E-state index < -0.39 is 48.0 Å². The SMILES string of the molecule is Cc1cccc([N+](=O)[O-])c1C(=O)N(CCO)CC(F)(F)F. The van der Waals surface area contributed by atoms with Crippen LogP contribution in [-0.4, -0.2) is 46.7 Å². The van der Waals surface area contributed by atoms with E-state index in [-0.39, 0.29) is 5.56 Å². The van der Waals surface area contributed by atoms with Crippen molar-refractivity contribution in [1.29, 1.82) is 0 Å². The highest BCUT2D eigenvalue weighted by Crippen LogP contribution is 2.25. The molecule has 6 nitrogen and oxygen atoms in total. The summed E-state index contributed by atoms with van der Waals surface area (Å²) < 4.78 is 37.4. The van der Waals surface area contributed by atoms with Crippen molar-refractivity contribution in [3.05, 3.63) is 39.4 Å². The molecule has 1 aromatic rings. The minimum absolute atomic E-state index is 0.194. The van der Waals surface area contributed by atoms with Gasteiger partial charge in [-0.2, -0.15) is 13.2 Å². The number of nitrogens with zero attached hydrogens (tertiary/aromatic N) is 2. The molecule has 1 aromatic carbocycles. The number of hydrogen-bond donors (Lipinski definition) is 1. The molecule has 1 amide bonds. The first-order valence-corrected chi connectivity index (χ1v) is 5.88. The van der Waals surface area contributed by atoms with E-state index in [9.17, 15) is 28.1 Å². The van der Waals surface area contributed by atoms with Crippen molar-refractivity contribution in [3.63, 3.8) is 0 Å². The van der Waals surface area contributed by atoms with Crippen LogP contribution < -0.4 is 0 Å². The predicted molar refractivity (Wildman–Crippen MR) is 66.9 cm³/mol. The van der Waals surface area contributed by atoms with Gasteiger partial charge in [0, 0.05) is 12.6 Å². The second-order valence-corrected chi connectivity index (χ2v) is 4.29. The molecule has 0 radical (unpaired) electrons. The topological polar surface area (TPSA) is 83.7 Å². The van der Waals surface area contributed by atoms with E-state index in [1.807, 2.05) is 0 Å². The van der Waals surface area contributed by atoms with E-state index in [0.717, 1.165) is 6.07 Å². The molecule has 21 heavy (non-hydrogen) atoms. The van der Waals surface area contributed by atoms with Crippen LogP contribution in [0.5, 0.6) is 0 Å². The molecule has 0 aliphatic rings. The Labute approximate surface area is 117 Å². The van der Waals surface area contributed by atoms with E-state index in [1.54, 1.807) is 0 Å². The number of aryl methyl sites for hydroxylation is 1. The molecule has 0 unspecified atom stereocenters. The quantitative estimate of drug-likeness (QED) is 0.665. The van der Waals surface area contributed by atoms with Gasteiger partial charge in [0.05, 0.1) is 11.5 Å². The van der Waals surface area contributed by atoms with Crippen molar-refractivity contribution >= 4 is 11.6 Å². The van der Waals surface area contributed by atoms with Gasteiger partial charge in [0.1, 0.15) is 12.1 Å². The molecule has 1 rings (SSSR count). The lowest BCUT2D eigenvalue weighted by Crippen LogP contribution is -2.41. The zero-order valence-corrected chi connectivity index (χ0v) is 11.1. The molecule has 0 saturated heterocycles. The van der Waals surface area contributed by atoms with Gasteiger partial charge >= 0.3 is 6.18 Å². The Kier molecular flexibility index (Phi) is 5.25. The number of carbonyl (C=O) groups excluding carboxylic acids is 1. The molecule has 0 atom stereocenters. The first-order valence-electron chi connectivity index (χ1n) is 5.88. The molecule has 0 bridgehead atoms. The molecule has 0 saturated carbocycles. The lowest BCUT2D eigenvalue weighted by molar-refractivity contribution is -0.385. The summed E-state index contributed by atoms with van der Waals surface area (Å²) in [5, 5.41) is 19.7. The molecule has 0 aromatic heterocycles. The zero-order chi connectivity index (χ0) is 16.2. The van der Waals surface area contributed by atoms with Gasteiger partial charge < -0.3 is 10.0 Å². The number of amides is 1. The molecule has 0 spiro atoms. The molecule has 9 heteroatoms. The van der Waals surface area contributed by atoms with Gasteiger partial charge in [-0.1, -0.05) is 12.1 Å². The Morgan fingerprint density at radius 1 is 1.43 bits per heavy atom. The maximum atomic E-state index is 12.5. The molecule has 1 N–H and O–H groups in total. The summed E-state index contributed by atoms with van der Waals surface area (Å²) in [7, 11) is 0. The lowest BCUT2D eigenvalue weighted by atomic mass is 10.1. The monoisotopic (exact) mass is 306 g/mol. The second kappa shape index (κ2) is 6.53. The van der Waals surface area contributed by atoms with Gasteiger partial charge in [0.2, 0.25) is 0 Å². The van der Waals surface area contributed by atoms with E-state index >= 15 is 0 Å². The first kappa shape index (κ1) is 16.9. The maximum absolute atomic E-state index is 12.5. The van der Waals surface area contributed by atoms with Crippen LogP contribution in [0, 0.1) is 17.0 Å². The van der Waals surface area contributed by atoms with Gasteiger partial charge in [-0.05, 0) is 12.5 Å². The minimum atomic E-state index is -4.66. The Hall–Kier alpha value is -2.16. The van der Waals surface area contributed by atoms with Gasteiger partial charge in [-0.25, -0.2) is 0 Å². The molecule has 0 aliphatic carbocycles. The number of alkyl halides is 3. The standard InChI is InChI=1S/C12H13F3N2O4/c1-8-3-2-4-9(17(20)21)10(8)11(19)16(5-6-18)7-12(13,14)15/h2-4,18H,5-7H2,1H3. The number of carbonyl (C=O) groups is 1. The fraction of sp³-hybridized carbons (Fsp3) is 0.417. The van der Waals surface area contributed by atoms with Gasteiger partial charge in [-0.3, -0.25) is 14.9 Å². The number of rotatable bonds is 5. The van der Waals surface area contributed by atoms with E-state index in [0.29, 0.717) is 4.90 Å². The van der Waals surface area contributed by atoms with Crippen molar-refractivity contribution in [1.82, 2.24) is 4.90 Å². The number of nitro benzene ring substituents is 1. The third-order valence-electron chi connectivity index (χ3n) is 2.69. The summed E-state index contributed by atoms with van der Waals surface area (Å²) in [4.78, 5) is 22.6. The highest BCUT2D eigenvalue weighted by molar-refractivity contribution is 5.99. The fourth-order valence-electron chi connectivity index (χ4n) is 1.83. The molecule has 0 aliphatic heterocycles. The normalized spacial score (nSPS) is 11.3. The van der Waals surface area contributed by atoms with Crippen LogP contribution >= 0.6 is 0 Å².